The summed E-state index contributed by atoms with van der Waals surface area (Å²) in [5.74, 6) is 1.66. The fourth-order valence-electron chi connectivity index (χ4n) is 2.19. The summed E-state index contributed by atoms with van der Waals surface area (Å²) in [6.07, 6.45) is 1.29. The average Bonchev–Trinajstić information content (AvgIpc) is 2.55. The van der Waals surface area contributed by atoms with E-state index in [1.54, 1.807) is 6.92 Å². The Morgan fingerprint density at radius 3 is 2.60 bits per heavy atom. The standard InChI is InChI=1S/C17H14Cl2N4O2/c1-9-4-5-10(2)13(6-9)25-15-7-14(21-11(3)22-15)23-17(24)16(19)12(18)8-20-23/h4-8H,1-3H3. The number of halogens is 2. The van der Waals surface area contributed by atoms with Crippen molar-refractivity contribution in [2.24, 2.45) is 0 Å². The molecule has 0 aliphatic heterocycles. The molecule has 8 heteroatoms. The fourth-order valence-corrected chi connectivity index (χ4v) is 2.45. The molecule has 0 aliphatic rings. The number of hydrogen-bond donors (Lipinski definition) is 0. The Kier molecular flexibility index (Phi) is 4.74. The molecule has 6 nitrogen and oxygen atoms in total. The minimum absolute atomic E-state index is 0.0838. The molecule has 0 N–H and O–H groups in total. The van der Waals surface area contributed by atoms with Crippen molar-refractivity contribution in [2.45, 2.75) is 20.8 Å². The number of ether oxygens (including phenoxy) is 1. The molecule has 0 aliphatic carbocycles. The number of nitrogens with zero attached hydrogens (tertiary/aromatic N) is 4. The molecule has 0 bridgehead atoms. The zero-order valence-corrected chi connectivity index (χ0v) is 15.3. The van der Waals surface area contributed by atoms with Gasteiger partial charge >= 0.3 is 0 Å². The smallest absolute Gasteiger partial charge is 0.293 e. The zero-order valence-electron chi connectivity index (χ0n) is 13.7. The van der Waals surface area contributed by atoms with Crippen molar-refractivity contribution in [3.05, 3.63) is 67.8 Å². The van der Waals surface area contributed by atoms with Crippen molar-refractivity contribution in [3.8, 4) is 17.4 Å². The van der Waals surface area contributed by atoms with Crippen molar-refractivity contribution in [2.75, 3.05) is 0 Å². The van der Waals surface area contributed by atoms with Gasteiger partial charge in [-0.05, 0) is 38.0 Å². The van der Waals surface area contributed by atoms with E-state index in [0.29, 0.717) is 17.5 Å². The minimum Gasteiger partial charge on any atom is -0.439 e. The molecule has 2 aromatic heterocycles. The van der Waals surface area contributed by atoms with E-state index in [9.17, 15) is 4.79 Å². The summed E-state index contributed by atoms with van der Waals surface area (Å²) in [7, 11) is 0. The largest absolute Gasteiger partial charge is 0.439 e. The first-order chi connectivity index (χ1) is 11.8. The zero-order chi connectivity index (χ0) is 18.1. The van der Waals surface area contributed by atoms with E-state index in [1.807, 2.05) is 32.0 Å². The first-order valence-corrected chi connectivity index (χ1v) is 8.15. The number of benzene rings is 1. The van der Waals surface area contributed by atoms with Gasteiger partial charge in [-0.1, -0.05) is 35.3 Å². The Balaban J connectivity index is 2.06. The van der Waals surface area contributed by atoms with Gasteiger partial charge in [-0.3, -0.25) is 4.79 Å². The summed E-state index contributed by atoms with van der Waals surface area (Å²) >= 11 is 11.7. The van der Waals surface area contributed by atoms with Gasteiger partial charge in [-0.25, -0.2) is 4.98 Å². The summed E-state index contributed by atoms with van der Waals surface area (Å²) in [5, 5.41) is 3.94. The van der Waals surface area contributed by atoms with Gasteiger partial charge in [0.1, 0.15) is 16.6 Å². The van der Waals surface area contributed by atoms with E-state index in [0.717, 1.165) is 15.8 Å². The van der Waals surface area contributed by atoms with E-state index < -0.39 is 5.56 Å². The second kappa shape index (κ2) is 6.82. The van der Waals surface area contributed by atoms with Crippen LogP contribution in [0.1, 0.15) is 17.0 Å². The number of hydrogen-bond acceptors (Lipinski definition) is 5. The van der Waals surface area contributed by atoms with Crippen molar-refractivity contribution in [1.82, 2.24) is 19.7 Å². The first-order valence-electron chi connectivity index (χ1n) is 7.39. The molecular formula is C17H14Cl2N4O2. The minimum atomic E-state index is -0.565. The second-order valence-electron chi connectivity index (χ2n) is 5.51. The number of aryl methyl sites for hydroxylation is 3. The summed E-state index contributed by atoms with van der Waals surface area (Å²) in [5.41, 5.74) is 1.46. The molecule has 3 aromatic rings. The van der Waals surface area contributed by atoms with Crippen LogP contribution in [0.4, 0.5) is 0 Å². The SMILES string of the molecule is Cc1ccc(C)c(Oc2cc(-n3ncc(Cl)c(Cl)c3=O)nc(C)n2)c1. The second-order valence-corrected chi connectivity index (χ2v) is 6.29. The fraction of sp³-hybridized carbons (Fsp3) is 0.176. The van der Waals surface area contributed by atoms with Gasteiger partial charge in [0.15, 0.2) is 5.82 Å². The third-order valence-corrected chi connectivity index (χ3v) is 4.20. The molecule has 0 unspecified atom stereocenters. The van der Waals surface area contributed by atoms with E-state index >= 15 is 0 Å². The van der Waals surface area contributed by atoms with Crippen LogP contribution in [0.5, 0.6) is 11.6 Å². The quantitative estimate of drug-likeness (QED) is 0.689. The molecule has 0 amide bonds. The van der Waals surface area contributed by atoms with Crippen molar-refractivity contribution in [3.63, 3.8) is 0 Å². The van der Waals surface area contributed by atoms with Gasteiger partial charge in [0.25, 0.3) is 5.56 Å². The summed E-state index contributed by atoms with van der Waals surface area (Å²) in [6, 6.07) is 7.39. The van der Waals surface area contributed by atoms with Crippen LogP contribution in [0.25, 0.3) is 5.82 Å². The Bertz CT molecular complexity index is 1020. The van der Waals surface area contributed by atoms with E-state index in [-0.39, 0.29) is 15.9 Å². The maximum atomic E-state index is 12.3. The topological polar surface area (TPSA) is 69.9 Å². The van der Waals surface area contributed by atoms with Crippen LogP contribution in [0, 0.1) is 20.8 Å². The summed E-state index contributed by atoms with van der Waals surface area (Å²) in [4.78, 5) is 20.7. The summed E-state index contributed by atoms with van der Waals surface area (Å²) in [6.45, 7) is 5.61. The molecule has 2 heterocycles. The lowest BCUT2D eigenvalue weighted by atomic mass is 10.1. The van der Waals surface area contributed by atoms with Crippen LogP contribution in [0.2, 0.25) is 10.0 Å². The molecule has 0 saturated heterocycles. The lowest BCUT2D eigenvalue weighted by Gasteiger charge is -2.11. The Labute approximate surface area is 154 Å². The van der Waals surface area contributed by atoms with Gasteiger partial charge in [-0.2, -0.15) is 14.8 Å². The molecule has 0 radical (unpaired) electrons. The Morgan fingerprint density at radius 1 is 1.08 bits per heavy atom. The lowest BCUT2D eigenvalue weighted by molar-refractivity contribution is 0.455. The highest BCUT2D eigenvalue weighted by Crippen LogP contribution is 2.25. The molecule has 25 heavy (non-hydrogen) atoms. The molecule has 3 rings (SSSR count). The van der Waals surface area contributed by atoms with Gasteiger partial charge < -0.3 is 4.74 Å². The van der Waals surface area contributed by atoms with Crippen LogP contribution in [-0.4, -0.2) is 19.7 Å². The van der Waals surface area contributed by atoms with Crippen molar-refractivity contribution in [1.29, 1.82) is 0 Å². The van der Waals surface area contributed by atoms with E-state index in [4.69, 9.17) is 27.9 Å². The predicted molar refractivity (Wildman–Crippen MR) is 96.2 cm³/mol. The average molecular weight is 377 g/mol. The molecular weight excluding hydrogens is 363 g/mol. The summed E-state index contributed by atoms with van der Waals surface area (Å²) < 4.78 is 6.93. The molecule has 0 fully saturated rings. The number of aromatic nitrogens is 4. The van der Waals surface area contributed by atoms with Crippen LogP contribution < -0.4 is 10.3 Å². The van der Waals surface area contributed by atoms with Gasteiger partial charge in [0.05, 0.1) is 11.2 Å². The molecule has 0 spiro atoms. The highest BCUT2D eigenvalue weighted by Gasteiger charge is 2.13. The van der Waals surface area contributed by atoms with E-state index in [2.05, 4.69) is 15.1 Å². The highest BCUT2D eigenvalue weighted by molar-refractivity contribution is 6.41. The third-order valence-electron chi connectivity index (χ3n) is 3.45. The maximum Gasteiger partial charge on any atom is 0.293 e. The number of rotatable bonds is 3. The highest BCUT2D eigenvalue weighted by atomic mass is 35.5. The van der Waals surface area contributed by atoms with Gasteiger partial charge in [0, 0.05) is 6.07 Å². The van der Waals surface area contributed by atoms with Gasteiger partial charge in [-0.15, -0.1) is 0 Å². The van der Waals surface area contributed by atoms with Crippen LogP contribution >= 0.6 is 23.2 Å². The molecule has 128 valence electrons. The molecule has 1 aromatic carbocycles. The predicted octanol–water partition coefficient (Wildman–Crippen LogP) is 4.05. The lowest BCUT2D eigenvalue weighted by Crippen LogP contribution is -2.22. The van der Waals surface area contributed by atoms with E-state index in [1.165, 1.54) is 12.3 Å². The van der Waals surface area contributed by atoms with Crippen molar-refractivity contribution >= 4 is 23.2 Å². The van der Waals surface area contributed by atoms with Crippen molar-refractivity contribution < 1.29 is 4.74 Å². The third kappa shape index (κ3) is 3.65. The maximum absolute atomic E-state index is 12.3. The Morgan fingerprint density at radius 2 is 1.84 bits per heavy atom. The first kappa shape index (κ1) is 17.4. The Hall–Kier alpha value is -2.44. The van der Waals surface area contributed by atoms with Crippen LogP contribution in [-0.2, 0) is 0 Å². The monoisotopic (exact) mass is 376 g/mol. The van der Waals surface area contributed by atoms with Gasteiger partial charge in [0.2, 0.25) is 5.88 Å². The molecule has 0 saturated carbocycles. The van der Waals surface area contributed by atoms with Crippen LogP contribution in [0.15, 0.2) is 35.3 Å². The van der Waals surface area contributed by atoms with Crippen LogP contribution in [0.3, 0.4) is 0 Å². The normalized spacial score (nSPS) is 10.8. The molecule has 0 atom stereocenters.